The van der Waals surface area contributed by atoms with Gasteiger partial charge in [0, 0.05) is 26.0 Å². The number of aromatic nitrogens is 2. The second-order valence-corrected chi connectivity index (χ2v) is 6.23. The molecule has 24 heavy (non-hydrogen) atoms. The normalized spacial score (nSPS) is 10.5. The van der Waals surface area contributed by atoms with Crippen molar-refractivity contribution in [2.45, 2.75) is 13.1 Å². The van der Waals surface area contributed by atoms with Gasteiger partial charge in [-0.05, 0) is 46.7 Å². The van der Waals surface area contributed by atoms with Gasteiger partial charge in [0.05, 0.1) is 12.2 Å². The molecule has 3 aromatic heterocycles. The molecule has 6 heteroatoms. The summed E-state index contributed by atoms with van der Waals surface area (Å²) in [4.78, 5) is 31.2. The van der Waals surface area contributed by atoms with E-state index in [0.717, 1.165) is 11.3 Å². The number of amides is 1. The Balaban J connectivity index is 1.92. The van der Waals surface area contributed by atoms with Crippen LogP contribution in [0.15, 0.2) is 64.3 Å². The fourth-order valence-corrected chi connectivity index (χ4v) is 3.08. The molecule has 0 bridgehead atoms. The van der Waals surface area contributed by atoms with E-state index in [9.17, 15) is 9.59 Å². The summed E-state index contributed by atoms with van der Waals surface area (Å²) in [6, 6.07) is 10.9. The second kappa shape index (κ2) is 7.23. The van der Waals surface area contributed by atoms with E-state index < -0.39 is 0 Å². The Morgan fingerprint density at radius 1 is 1.21 bits per heavy atom. The van der Waals surface area contributed by atoms with Crippen molar-refractivity contribution in [2.75, 3.05) is 0 Å². The zero-order valence-corrected chi connectivity index (χ0v) is 14.1. The molecule has 1 amide bonds. The molecule has 0 radical (unpaired) electrons. The minimum absolute atomic E-state index is 0.172. The van der Waals surface area contributed by atoms with Gasteiger partial charge in [-0.25, -0.2) is 0 Å². The minimum atomic E-state index is -0.293. The highest BCUT2D eigenvalue weighted by Crippen LogP contribution is 2.14. The average molecular weight is 339 g/mol. The SMILES string of the molecule is Cn1cccc(C(=O)N(Cc2ccsc2)Cc2ccccn2)c1=O. The van der Waals surface area contributed by atoms with Gasteiger partial charge in [0.1, 0.15) is 5.56 Å². The lowest BCUT2D eigenvalue weighted by Crippen LogP contribution is -2.35. The second-order valence-electron chi connectivity index (χ2n) is 5.45. The maximum Gasteiger partial charge on any atom is 0.263 e. The van der Waals surface area contributed by atoms with Gasteiger partial charge in [-0.3, -0.25) is 14.6 Å². The fourth-order valence-electron chi connectivity index (χ4n) is 2.42. The molecule has 0 aliphatic rings. The Morgan fingerprint density at radius 3 is 2.79 bits per heavy atom. The quantitative estimate of drug-likeness (QED) is 0.718. The number of hydrogen-bond acceptors (Lipinski definition) is 4. The van der Waals surface area contributed by atoms with Crippen LogP contribution in [0, 0.1) is 0 Å². The molecule has 3 aromatic rings. The topological polar surface area (TPSA) is 55.2 Å². The Bertz CT molecular complexity index is 873. The summed E-state index contributed by atoms with van der Waals surface area (Å²) in [5.41, 5.74) is 1.70. The Labute approximate surface area is 143 Å². The van der Waals surface area contributed by atoms with Crippen molar-refractivity contribution in [3.8, 4) is 0 Å². The molecule has 0 N–H and O–H groups in total. The summed E-state index contributed by atoms with van der Waals surface area (Å²) in [5, 5.41) is 3.97. The molecule has 0 unspecified atom stereocenters. The molecule has 0 aliphatic carbocycles. The molecule has 5 nitrogen and oxygen atoms in total. The number of carbonyl (C=O) groups is 1. The van der Waals surface area contributed by atoms with Crippen LogP contribution in [-0.2, 0) is 20.1 Å². The van der Waals surface area contributed by atoms with Gasteiger partial charge in [0.15, 0.2) is 0 Å². The Morgan fingerprint density at radius 2 is 2.08 bits per heavy atom. The van der Waals surface area contributed by atoms with E-state index in [4.69, 9.17) is 0 Å². The standard InChI is InChI=1S/C18H17N3O2S/c1-20-9-4-6-16(17(20)22)18(23)21(11-14-7-10-24-13-14)12-15-5-2-3-8-19-15/h2-10,13H,11-12H2,1H3. The van der Waals surface area contributed by atoms with E-state index in [0.29, 0.717) is 13.1 Å². The monoisotopic (exact) mass is 339 g/mol. The largest absolute Gasteiger partial charge is 0.328 e. The Kier molecular flexibility index (Phi) is 4.86. The summed E-state index contributed by atoms with van der Waals surface area (Å²) in [6.07, 6.45) is 3.34. The average Bonchev–Trinajstić information content (AvgIpc) is 3.10. The van der Waals surface area contributed by atoms with Crippen LogP contribution in [0.1, 0.15) is 21.6 Å². The van der Waals surface area contributed by atoms with E-state index in [1.165, 1.54) is 4.57 Å². The Hall–Kier alpha value is -2.73. The number of nitrogens with zero attached hydrogens (tertiary/aromatic N) is 3. The zero-order valence-electron chi connectivity index (χ0n) is 13.3. The smallest absolute Gasteiger partial charge is 0.263 e. The first kappa shape index (κ1) is 16.1. The van der Waals surface area contributed by atoms with Gasteiger partial charge < -0.3 is 9.47 Å². The van der Waals surface area contributed by atoms with E-state index in [-0.39, 0.29) is 17.0 Å². The first-order valence-electron chi connectivity index (χ1n) is 7.51. The predicted octanol–water partition coefficient (Wildman–Crippen LogP) is 2.68. The molecule has 0 atom stereocenters. The van der Waals surface area contributed by atoms with Gasteiger partial charge in [-0.1, -0.05) is 6.07 Å². The highest BCUT2D eigenvalue weighted by atomic mass is 32.1. The van der Waals surface area contributed by atoms with Gasteiger partial charge in [-0.15, -0.1) is 0 Å². The lowest BCUT2D eigenvalue weighted by molar-refractivity contribution is 0.0725. The molecular weight excluding hydrogens is 322 g/mol. The van der Waals surface area contributed by atoms with E-state index in [1.807, 2.05) is 35.0 Å². The number of rotatable bonds is 5. The van der Waals surface area contributed by atoms with Gasteiger partial charge in [-0.2, -0.15) is 11.3 Å². The van der Waals surface area contributed by atoms with Crippen molar-refractivity contribution >= 4 is 17.2 Å². The maximum absolute atomic E-state index is 12.9. The van der Waals surface area contributed by atoms with Crippen LogP contribution in [0.4, 0.5) is 0 Å². The first-order chi connectivity index (χ1) is 11.6. The van der Waals surface area contributed by atoms with E-state index in [1.54, 1.807) is 47.8 Å². The van der Waals surface area contributed by atoms with Crippen LogP contribution in [0.25, 0.3) is 0 Å². The molecule has 0 spiro atoms. The summed E-state index contributed by atoms with van der Waals surface area (Å²) in [5.74, 6) is -0.284. The highest BCUT2D eigenvalue weighted by Gasteiger charge is 2.20. The number of carbonyl (C=O) groups excluding carboxylic acids is 1. The fraction of sp³-hybridized carbons (Fsp3) is 0.167. The molecule has 122 valence electrons. The van der Waals surface area contributed by atoms with Crippen LogP contribution in [0.3, 0.4) is 0 Å². The van der Waals surface area contributed by atoms with Gasteiger partial charge in [0.25, 0.3) is 11.5 Å². The molecule has 0 fully saturated rings. The van der Waals surface area contributed by atoms with Crippen molar-refractivity contribution in [1.82, 2.24) is 14.5 Å². The summed E-state index contributed by atoms with van der Waals surface area (Å²) < 4.78 is 1.41. The summed E-state index contributed by atoms with van der Waals surface area (Å²) in [7, 11) is 1.64. The van der Waals surface area contributed by atoms with Crippen LogP contribution in [0.2, 0.25) is 0 Å². The first-order valence-corrected chi connectivity index (χ1v) is 8.45. The number of thiophene rings is 1. The van der Waals surface area contributed by atoms with E-state index >= 15 is 0 Å². The van der Waals surface area contributed by atoms with Crippen LogP contribution in [0.5, 0.6) is 0 Å². The molecule has 0 aliphatic heterocycles. The molecule has 3 rings (SSSR count). The predicted molar refractivity (Wildman–Crippen MR) is 93.8 cm³/mol. The lowest BCUT2D eigenvalue weighted by Gasteiger charge is -2.22. The van der Waals surface area contributed by atoms with Crippen LogP contribution >= 0.6 is 11.3 Å². The third kappa shape index (κ3) is 3.60. The third-order valence-electron chi connectivity index (χ3n) is 3.67. The zero-order chi connectivity index (χ0) is 16.9. The lowest BCUT2D eigenvalue weighted by atomic mass is 10.2. The van der Waals surface area contributed by atoms with Crippen LogP contribution < -0.4 is 5.56 Å². The number of hydrogen-bond donors (Lipinski definition) is 0. The number of pyridine rings is 2. The number of aryl methyl sites for hydroxylation is 1. The van der Waals surface area contributed by atoms with Crippen molar-refractivity contribution in [3.63, 3.8) is 0 Å². The van der Waals surface area contributed by atoms with Crippen molar-refractivity contribution in [3.05, 3.63) is 86.7 Å². The molecule has 0 aromatic carbocycles. The van der Waals surface area contributed by atoms with Crippen LogP contribution in [-0.4, -0.2) is 20.4 Å². The van der Waals surface area contributed by atoms with Crippen molar-refractivity contribution in [1.29, 1.82) is 0 Å². The molecule has 0 saturated heterocycles. The third-order valence-corrected chi connectivity index (χ3v) is 4.41. The van der Waals surface area contributed by atoms with Gasteiger partial charge in [0.2, 0.25) is 0 Å². The van der Waals surface area contributed by atoms with Crippen molar-refractivity contribution < 1.29 is 4.79 Å². The van der Waals surface area contributed by atoms with Crippen molar-refractivity contribution in [2.24, 2.45) is 7.05 Å². The molecular formula is C18H17N3O2S. The maximum atomic E-state index is 12.9. The minimum Gasteiger partial charge on any atom is -0.328 e. The van der Waals surface area contributed by atoms with Gasteiger partial charge >= 0.3 is 0 Å². The molecule has 3 heterocycles. The summed E-state index contributed by atoms with van der Waals surface area (Å²) >= 11 is 1.58. The highest BCUT2D eigenvalue weighted by molar-refractivity contribution is 7.07. The molecule has 0 saturated carbocycles. The summed E-state index contributed by atoms with van der Waals surface area (Å²) in [6.45, 7) is 0.796. The van der Waals surface area contributed by atoms with E-state index in [2.05, 4.69) is 4.98 Å².